The Morgan fingerprint density at radius 2 is 2.08 bits per heavy atom. The lowest BCUT2D eigenvalue weighted by Gasteiger charge is -2.16. The van der Waals surface area contributed by atoms with Gasteiger partial charge in [0.05, 0.1) is 8.65 Å². The van der Waals surface area contributed by atoms with Gasteiger partial charge >= 0.3 is 0 Å². The van der Waals surface area contributed by atoms with Crippen molar-refractivity contribution in [2.75, 3.05) is 0 Å². The molecule has 0 spiro atoms. The number of amides is 1. The fraction of sp³-hybridized carbons (Fsp3) is 0.889. The van der Waals surface area contributed by atoms with Gasteiger partial charge < -0.3 is 5.32 Å². The third kappa shape index (κ3) is 2.09. The van der Waals surface area contributed by atoms with Gasteiger partial charge in [0.1, 0.15) is 0 Å². The van der Waals surface area contributed by atoms with E-state index < -0.39 is 0 Å². The van der Waals surface area contributed by atoms with E-state index in [0.717, 1.165) is 12.8 Å². The molecule has 0 bridgehead atoms. The summed E-state index contributed by atoms with van der Waals surface area (Å²) < 4.78 is -0.176. The van der Waals surface area contributed by atoms with Crippen LogP contribution in [-0.4, -0.2) is 15.2 Å². The predicted molar refractivity (Wildman–Crippen MR) is 61.2 cm³/mol. The van der Waals surface area contributed by atoms with Gasteiger partial charge in [-0.1, -0.05) is 38.8 Å². The molecular weight excluding hydrogens is 298 g/mol. The summed E-state index contributed by atoms with van der Waals surface area (Å²) in [6.45, 7) is 6.05. The van der Waals surface area contributed by atoms with Crippen LogP contribution in [0, 0.1) is 5.41 Å². The molecule has 0 aromatic rings. The highest BCUT2D eigenvalue weighted by Gasteiger charge is 2.66. The number of hydrogen-bond donors (Lipinski definition) is 1. The predicted octanol–water partition coefficient (Wildman–Crippen LogP) is 2.80. The number of carbonyl (C=O) groups excluding carboxylic acids is 1. The van der Waals surface area contributed by atoms with E-state index in [4.69, 9.17) is 0 Å². The number of halogens is 2. The summed E-state index contributed by atoms with van der Waals surface area (Å²) in [5, 5.41) is 2.99. The lowest BCUT2D eigenvalue weighted by atomic mass is 10.1. The second-order valence-electron chi connectivity index (χ2n) is 4.00. The quantitative estimate of drug-likeness (QED) is 0.798. The first kappa shape index (κ1) is 11.5. The molecule has 2 nitrogen and oxygen atoms in total. The van der Waals surface area contributed by atoms with Crippen molar-refractivity contribution < 1.29 is 4.79 Å². The summed E-state index contributed by atoms with van der Waals surface area (Å²) in [5.41, 5.74) is -0.281. The zero-order chi connectivity index (χ0) is 10.3. The van der Waals surface area contributed by atoms with Crippen molar-refractivity contribution in [1.82, 2.24) is 5.32 Å². The van der Waals surface area contributed by atoms with Crippen LogP contribution in [0.2, 0.25) is 0 Å². The molecule has 0 aliphatic heterocycles. The number of carbonyl (C=O) groups is 1. The molecule has 0 unspecified atom stereocenters. The first-order valence-electron chi connectivity index (χ1n) is 4.52. The Kier molecular flexibility index (Phi) is 3.13. The molecule has 13 heavy (non-hydrogen) atoms. The molecule has 0 radical (unpaired) electrons. The SMILES string of the molecule is CC[C@H](C)NC(=O)[C@@]1(C)CC1(Br)Br. The van der Waals surface area contributed by atoms with E-state index >= 15 is 0 Å². The highest BCUT2D eigenvalue weighted by molar-refractivity contribution is 9.25. The van der Waals surface area contributed by atoms with Gasteiger partial charge in [-0.05, 0) is 26.7 Å². The van der Waals surface area contributed by atoms with Crippen molar-refractivity contribution in [3.63, 3.8) is 0 Å². The van der Waals surface area contributed by atoms with Crippen LogP contribution in [0.25, 0.3) is 0 Å². The van der Waals surface area contributed by atoms with E-state index in [1.54, 1.807) is 0 Å². The van der Waals surface area contributed by atoms with Gasteiger partial charge in [0.25, 0.3) is 0 Å². The average molecular weight is 313 g/mol. The van der Waals surface area contributed by atoms with E-state index in [9.17, 15) is 4.79 Å². The Labute approximate surface area is 96.1 Å². The molecule has 1 rings (SSSR count). The molecular formula is C9H15Br2NO. The average Bonchev–Trinajstić information content (AvgIpc) is 2.52. The maximum absolute atomic E-state index is 11.7. The summed E-state index contributed by atoms with van der Waals surface area (Å²) in [6.07, 6.45) is 1.82. The minimum atomic E-state index is -0.281. The molecule has 0 saturated heterocycles. The number of alkyl halides is 2. The fourth-order valence-electron chi connectivity index (χ4n) is 1.13. The Hall–Kier alpha value is 0.430. The molecule has 1 fully saturated rings. The summed E-state index contributed by atoms with van der Waals surface area (Å²) in [7, 11) is 0. The Morgan fingerprint density at radius 3 is 2.38 bits per heavy atom. The third-order valence-corrected chi connectivity index (χ3v) is 5.06. The molecule has 0 aromatic carbocycles. The van der Waals surface area contributed by atoms with Crippen LogP contribution in [0.3, 0.4) is 0 Å². The first-order chi connectivity index (χ1) is 5.83. The highest BCUT2D eigenvalue weighted by Crippen LogP contribution is 2.66. The van der Waals surface area contributed by atoms with E-state index in [1.807, 2.05) is 13.8 Å². The molecule has 0 aromatic heterocycles. The van der Waals surface area contributed by atoms with Crippen LogP contribution in [-0.2, 0) is 4.79 Å². The van der Waals surface area contributed by atoms with Crippen molar-refractivity contribution in [1.29, 1.82) is 0 Å². The first-order valence-corrected chi connectivity index (χ1v) is 6.11. The van der Waals surface area contributed by atoms with Gasteiger partial charge in [-0.25, -0.2) is 0 Å². The number of hydrogen-bond acceptors (Lipinski definition) is 1. The smallest absolute Gasteiger partial charge is 0.228 e. The topological polar surface area (TPSA) is 29.1 Å². The zero-order valence-corrected chi connectivity index (χ0v) is 11.3. The van der Waals surface area contributed by atoms with Gasteiger partial charge in [0, 0.05) is 6.04 Å². The Morgan fingerprint density at radius 1 is 1.62 bits per heavy atom. The van der Waals surface area contributed by atoms with Crippen LogP contribution in [0.1, 0.15) is 33.6 Å². The summed E-state index contributed by atoms with van der Waals surface area (Å²) >= 11 is 6.95. The maximum Gasteiger partial charge on any atom is 0.228 e. The van der Waals surface area contributed by atoms with Crippen molar-refractivity contribution in [2.45, 2.75) is 42.9 Å². The van der Waals surface area contributed by atoms with Crippen molar-refractivity contribution in [3.05, 3.63) is 0 Å². The molecule has 1 aliphatic carbocycles. The zero-order valence-electron chi connectivity index (χ0n) is 8.16. The van der Waals surface area contributed by atoms with Crippen molar-refractivity contribution in [3.8, 4) is 0 Å². The Balaban J connectivity index is 2.51. The molecule has 76 valence electrons. The Bertz CT molecular complexity index is 230. The van der Waals surface area contributed by atoms with Crippen LogP contribution in [0.15, 0.2) is 0 Å². The van der Waals surface area contributed by atoms with Gasteiger partial charge in [0.2, 0.25) is 5.91 Å². The normalized spacial score (nSPS) is 32.4. The standard InChI is InChI=1S/C9H15Br2NO/c1-4-6(2)12-7(13)8(3)5-9(8,10)11/h6H,4-5H2,1-3H3,(H,12,13)/t6-,8+/m0/s1. The van der Waals surface area contributed by atoms with Crippen molar-refractivity contribution >= 4 is 37.8 Å². The summed E-state index contributed by atoms with van der Waals surface area (Å²) in [6, 6.07) is 0.265. The van der Waals surface area contributed by atoms with Crippen molar-refractivity contribution in [2.24, 2.45) is 5.41 Å². The van der Waals surface area contributed by atoms with Gasteiger partial charge in [-0.15, -0.1) is 0 Å². The summed E-state index contributed by atoms with van der Waals surface area (Å²) in [5.74, 6) is 0.135. The largest absolute Gasteiger partial charge is 0.353 e. The van der Waals surface area contributed by atoms with E-state index in [1.165, 1.54) is 0 Å². The fourth-order valence-corrected chi connectivity index (χ4v) is 2.61. The maximum atomic E-state index is 11.7. The molecule has 1 saturated carbocycles. The second-order valence-corrected chi connectivity index (χ2v) is 7.77. The van der Waals surface area contributed by atoms with E-state index in [-0.39, 0.29) is 20.6 Å². The van der Waals surface area contributed by atoms with Gasteiger partial charge in [0.15, 0.2) is 0 Å². The second kappa shape index (κ2) is 3.54. The van der Waals surface area contributed by atoms with Crippen LogP contribution in [0.5, 0.6) is 0 Å². The summed E-state index contributed by atoms with van der Waals surface area (Å²) in [4.78, 5) is 11.7. The highest BCUT2D eigenvalue weighted by atomic mass is 79.9. The minimum absolute atomic E-state index is 0.135. The van der Waals surface area contributed by atoms with Crippen LogP contribution in [0.4, 0.5) is 0 Å². The monoisotopic (exact) mass is 311 g/mol. The number of rotatable bonds is 3. The molecule has 4 heteroatoms. The minimum Gasteiger partial charge on any atom is -0.353 e. The van der Waals surface area contributed by atoms with E-state index in [2.05, 4.69) is 44.1 Å². The molecule has 1 amide bonds. The van der Waals surface area contributed by atoms with Gasteiger partial charge in [-0.3, -0.25) is 4.79 Å². The molecule has 1 N–H and O–H groups in total. The molecule has 2 atom stereocenters. The van der Waals surface area contributed by atoms with E-state index in [0.29, 0.717) is 0 Å². The molecule has 0 heterocycles. The van der Waals surface area contributed by atoms with Crippen LogP contribution >= 0.6 is 31.9 Å². The molecule has 1 aliphatic rings. The van der Waals surface area contributed by atoms with Gasteiger partial charge in [-0.2, -0.15) is 0 Å². The lowest BCUT2D eigenvalue weighted by molar-refractivity contribution is -0.126. The lowest BCUT2D eigenvalue weighted by Crippen LogP contribution is -2.38. The number of nitrogens with one attached hydrogen (secondary N) is 1. The third-order valence-electron chi connectivity index (χ3n) is 2.75. The van der Waals surface area contributed by atoms with Crippen LogP contribution < -0.4 is 5.32 Å².